The van der Waals surface area contributed by atoms with Gasteiger partial charge in [-0.05, 0) is 18.6 Å². The van der Waals surface area contributed by atoms with Crippen LogP contribution in [-0.2, 0) is 4.74 Å². The van der Waals surface area contributed by atoms with Gasteiger partial charge in [0.25, 0.3) is 0 Å². The first-order chi connectivity index (χ1) is 6.09. The molecule has 0 spiro atoms. The summed E-state index contributed by atoms with van der Waals surface area (Å²) in [6.07, 6.45) is 1.63. The Kier molecular flexibility index (Phi) is 1.93. The molecule has 0 bridgehead atoms. The Labute approximate surface area is 77.3 Å². The Hall–Kier alpha value is -0.800. The second-order valence-electron chi connectivity index (χ2n) is 4.19. The second kappa shape index (κ2) is 2.86. The van der Waals surface area contributed by atoms with Crippen molar-refractivity contribution in [3.05, 3.63) is 24.2 Å². The van der Waals surface area contributed by atoms with E-state index in [1.807, 2.05) is 26.0 Å². The summed E-state index contributed by atoms with van der Waals surface area (Å²) in [6, 6.07) is 3.70. The number of furan rings is 1. The number of rotatable bonds is 1. The highest BCUT2D eigenvalue weighted by Crippen LogP contribution is 2.43. The van der Waals surface area contributed by atoms with Gasteiger partial charge in [0.15, 0.2) is 6.29 Å². The number of ether oxygens (including phenoxy) is 1. The molecule has 2 atom stereocenters. The predicted molar refractivity (Wildman–Crippen MR) is 46.9 cm³/mol. The van der Waals surface area contributed by atoms with Crippen molar-refractivity contribution < 1.29 is 14.3 Å². The zero-order valence-electron chi connectivity index (χ0n) is 7.86. The van der Waals surface area contributed by atoms with Crippen molar-refractivity contribution in [1.82, 2.24) is 0 Å². The van der Waals surface area contributed by atoms with Crippen LogP contribution in [0.1, 0.15) is 32.1 Å². The monoisotopic (exact) mass is 182 g/mol. The third-order valence-electron chi connectivity index (χ3n) is 2.53. The third kappa shape index (κ3) is 1.49. The van der Waals surface area contributed by atoms with Gasteiger partial charge in [0.2, 0.25) is 0 Å². The number of hydrogen-bond donors (Lipinski definition) is 1. The van der Waals surface area contributed by atoms with Crippen LogP contribution in [0.4, 0.5) is 0 Å². The van der Waals surface area contributed by atoms with Crippen molar-refractivity contribution in [2.24, 2.45) is 5.41 Å². The van der Waals surface area contributed by atoms with Gasteiger partial charge < -0.3 is 14.3 Å². The Morgan fingerprint density at radius 2 is 2.31 bits per heavy atom. The zero-order valence-corrected chi connectivity index (χ0v) is 7.86. The van der Waals surface area contributed by atoms with Gasteiger partial charge >= 0.3 is 0 Å². The second-order valence-corrected chi connectivity index (χ2v) is 4.19. The molecule has 0 radical (unpaired) electrons. The minimum atomic E-state index is -0.692. The number of aliphatic hydroxyl groups is 1. The summed E-state index contributed by atoms with van der Waals surface area (Å²) < 4.78 is 10.6. The Balaban J connectivity index is 2.15. The molecule has 1 saturated heterocycles. The highest BCUT2D eigenvalue weighted by Gasteiger charge is 2.42. The zero-order chi connectivity index (χ0) is 9.47. The summed E-state index contributed by atoms with van der Waals surface area (Å²) >= 11 is 0. The Morgan fingerprint density at radius 1 is 1.54 bits per heavy atom. The van der Waals surface area contributed by atoms with Gasteiger partial charge in [0.1, 0.15) is 11.9 Å². The van der Waals surface area contributed by atoms with Gasteiger partial charge in [0, 0.05) is 5.41 Å². The largest absolute Gasteiger partial charge is 0.467 e. The van der Waals surface area contributed by atoms with Crippen molar-refractivity contribution in [3.63, 3.8) is 0 Å². The smallest absolute Gasteiger partial charge is 0.160 e. The summed E-state index contributed by atoms with van der Waals surface area (Å²) in [5.74, 6) is 0.796. The molecule has 1 aromatic rings. The van der Waals surface area contributed by atoms with E-state index in [4.69, 9.17) is 9.15 Å². The molecule has 0 amide bonds. The minimum absolute atomic E-state index is 0.0972. The lowest BCUT2D eigenvalue weighted by Crippen LogP contribution is -2.23. The maximum Gasteiger partial charge on any atom is 0.160 e. The fourth-order valence-corrected chi connectivity index (χ4v) is 1.61. The molecule has 2 rings (SSSR count). The van der Waals surface area contributed by atoms with E-state index in [1.54, 1.807) is 6.26 Å². The Morgan fingerprint density at radius 3 is 2.77 bits per heavy atom. The van der Waals surface area contributed by atoms with Crippen molar-refractivity contribution in [3.8, 4) is 0 Å². The van der Waals surface area contributed by atoms with Gasteiger partial charge in [-0.25, -0.2) is 0 Å². The summed E-state index contributed by atoms with van der Waals surface area (Å²) in [4.78, 5) is 0. The minimum Gasteiger partial charge on any atom is -0.467 e. The molecule has 0 aliphatic carbocycles. The molecule has 1 aliphatic rings. The van der Waals surface area contributed by atoms with E-state index in [2.05, 4.69) is 0 Å². The standard InChI is InChI=1S/C10H14O3/c1-10(2)6-8(13-9(10)11)7-4-3-5-12-7/h3-5,8-9,11H,6H2,1-2H3. The highest BCUT2D eigenvalue weighted by atomic mass is 16.6. The lowest BCUT2D eigenvalue weighted by atomic mass is 9.88. The van der Waals surface area contributed by atoms with Gasteiger partial charge in [-0.3, -0.25) is 0 Å². The molecule has 2 unspecified atom stereocenters. The van der Waals surface area contributed by atoms with Crippen LogP contribution in [-0.4, -0.2) is 11.4 Å². The molecule has 72 valence electrons. The van der Waals surface area contributed by atoms with E-state index in [9.17, 15) is 5.11 Å². The van der Waals surface area contributed by atoms with Crippen LogP contribution in [0.25, 0.3) is 0 Å². The lowest BCUT2D eigenvalue weighted by Gasteiger charge is -2.18. The van der Waals surface area contributed by atoms with Crippen molar-refractivity contribution in [2.45, 2.75) is 32.7 Å². The first kappa shape index (κ1) is 8.78. The van der Waals surface area contributed by atoms with E-state index in [0.29, 0.717) is 0 Å². The van der Waals surface area contributed by atoms with Gasteiger partial charge in [0.05, 0.1) is 6.26 Å². The van der Waals surface area contributed by atoms with Crippen LogP contribution in [0.15, 0.2) is 22.8 Å². The quantitative estimate of drug-likeness (QED) is 0.723. The molecule has 3 heteroatoms. The lowest BCUT2D eigenvalue weighted by molar-refractivity contribution is -0.131. The molecular formula is C10H14O3. The third-order valence-corrected chi connectivity index (χ3v) is 2.53. The van der Waals surface area contributed by atoms with Crippen LogP contribution in [0, 0.1) is 5.41 Å². The molecule has 0 saturated carbocycles. The molecule has 3 nitrogen and oxygen atoms in total. The maximum absolute atomic E-state index is 9.56. The van der Waals surface area contributed by atoms with Crippen molar-refractivity contribution in [2.75, 3.05) is 0 Å². The highest BCUT2D eigenvalue weighted by molar-refractivity contribution is 5.05. The van der Waals surface area contributed by atoms with Crippen molar-refractivity contribution >= 4 is 0 Å². The van der Waals surface area contributed by atoms with Crippen molar-refractivity contribution in [1.29, 1.82) is 0 Å². The summed E-state index contributed by atoms with van der Waals surface area (Å²) in [6.45, 7) is 3.97. The molecule has 1 aromatic heterocycles. The molecule has 0 aromatic carbocycles. The van der Waals surface area contributed by atoms with Gasteiger partial charge in [-0.2, -0.15) is 0 Å². The van der Waals surface area contributed by atoms with E-state index in [-0.39, 0.29) is 11.5 Å². The molecule has 2 heterocycles. The first-order valence-corrected chi connectivity index (χ1v) is 4.46. The summed E-state index contributed by atoms with van der Waals surface area (Å²) in [5, 5.41) is 9.56. The van der Waals surface area contributed by atoms with Crippen LogP contribution in [0.3, 0.4) is 0 Å². The molecule has 1 fully saturated rings. The van der Waals surface area contributed by atoms with E-state index >= 15 is 0 Å². The van der Waals surface area contributed by atoms with E-state index in [1.165, 1.54) is 0 Å². The van der Waals surface area contributed by atoms with E-state index in [0.717, 1.165) is 12.2 Å². The first-order valence-electron chi connectivity index (χ1n) is 4.46. The average molecular weight is 182 g/mol. The number of hydrogen-bond acceptors (Lipinski definition) is 3. The topological polar surface area (TPSA) is 42.6 Å². The van der Waals surface area contributed by atoms with Crippen LogP contribution in [0.2, 0.25) is 0 Å². The predicted octanol–water partition coefficient (Wildman–Crippen LogP) is 2.09. The van der Waals surface area contributed by atoms with Gasteiger partial charge in [-0.15, -0.1) is 0 Å². The Bertz CT molecular complexity index is 276. The molecule has 1 aliphatic heterocycles. The van der Waals surface area contributed by atoms with E-state index < -0.39 is 6.29 Å². The molecule has 13 heavy (non-hydrogen) atoms. The number of aliphatic hydroxyl groups excluding tert-OH is 1. The molecular weight excluding hydrogens is 168 g/mol. The maximum atomic E-state index is 9.56. The summed E-state index contributed by atoms with van der Waals surface area (Å²) in [7, 11) is 0. The fraction of sp³-hybridized carbons (Fsp3) is 0.600. The average Bonchev–Trinajstić information content (AvgIpc) is 2.60. The van der Waals surface area contributed by atoms with Gasteiger partial charge in [-0.1, -0.05) is 13.8 Å². The molecule has 1 N–H and O–H groups in total. The van der Waals surface area contributed by atoms with Crippen LogP contribution >= 0.6 is 0 Å². The normalized spacial score (nSPS) is 32.2. The summed E-state index contributed by atoms with van der Waals surface area (Å²) in [5.41, 5.74) is -0.183. The SMILES string of the molecule is CC1(C)CC(c2ccco2)OC1O. The van der Waals surface area contributed by atoms with Crippen LogP contribution < -0.4 is 0 Å². The fourth-order valence-electron chi connectivity index (χ4n) is 1.61. The van der Waals surface area contributed by atoms with Crippen LogP contribution in [0.5, 0.6) is 0 Å².